The lowest BCUT2D eigenvalue weighted by Gasteiger charge is -2.60. The van der Waals surface area contributed by atoms with E-state index < -0.39 is 5.97 Å². The molecule has 0 amide bonds. The summed E-state index contributed by atoms with van der Waals surface area (Å²) in [7, 11) is 0. The van der Waals surface area contributed by atoms with Crippen LogP contribution in [0.4, 0.5) is 0 Å². The SMILES string of the molecule is CCCCCC[C@@]12CC[C@H](O)[C@@H](CCC(O)C3CCCCC3)[C@@H]1CC2=CCCC(=O)O. The quantitative estimate of drug-likeness (QED) is 0.251. The molecule has 0 aromatic carbocycles. The Bertz CT molecular complexity index is 594. The molecular formula is C27H46O4. The Balaban J connectivity index is 1.64. The maximum atomic E-state index is 11.0. The molecule has 0 bridgehead atoms. The van der Waals surface area contributed by atoms with Gasteiger partial charge < -0.3 is 15.3 Å². The van der Waals surface area contributed by atoms with Crippen molar-refractivity contribution in [1.29, 1.82) is 0 Å². The summed E-state index contributed by atoms with van der Waals surface area (Å²) >= 11 is 0. The van der Waals surface area contributed by atoms with E-state index in [2.05, 4.69) is 13.0 Å². The van der Waals surface area contributed by atoms with E-state index in [-0.39, 0.29) is 30.0 Å². The second-order valence-electron chi connectivity index (χ2n) is 10.8. The van der Waals surface area contributed by atoms with Crippen molar-refractivity contribution in [3.05, 3.63) is 11.6 Å². The van der Waals surface area contributed by atoms with Crippen LogP contribution in [-0.4, -0.2) is 33.5 Å². The fourth-order valence-electron chi connectivity index (χ4n) is 7.04. The van der Waals surface area contributed by atoms with Gasteiger partial charge >= 0.3 is 5.97 Å². The maximum absolute atomic E-state index is 11.0. The summed E-state index contributed by atoms with van der Waals surface area (Å²) in [5.74, 6) is 0.529. The molecule has 0 aromatic heterocycles. The third kappa shape index (κ3) is 6.13. The van der Waals surface area contributed by atoms with Crippen LogP contribution in [0.15, 0.2) is 11.6 Å². The summed E-state index contributed by atoms with van der Waals surface area (Å²) in [6.45, 7) is 2.24. The van der Waals surface area contributed by atoms with Crippen molar-refractivity contribution in [2.45, 2.75) is 128 Å². The molecule has 3 N–H and O–H groups in total. The van der Waals surface area contributed by atoms with Crippen molar-refractivity contribution >= 4 is 5.97 Å². The van der Waals surface area contributed by atoms with Crippen LogP contribution in [0.3, 0.4) is 0 Å². The number of unbranched alkanes of at least 4 members (excludes halogenated alkanes) is 3. The minimum Gasteiger partial charge on any atom is -0.481 e. The van der Waals surface area contributed by atoms with Crippen molar-refractivity contribution < 1.29 is 20.1 Å². The highest BCUT2D eigenvalue weighted by Crippen LogP contribution is 2.64. The van der Waals surface area contributed by atoms with Crippen LogP contribution in [0.2, 0.25) is 0 Å². The number of aliphatic hydroxyl groups is 2. The van der Waals surface area contributed by atoms with Crippen molar-refractivity contribution in [3.8, 4) is 0 Å². The first kappa shape index (κ1) is 24.8. The number of aliphatic carboxylic acids is 1. The van der Waals surface area contributed by atoms with Crippen LogP contribution in [0.5, 0.6) is 0 Å². The highest BCUT2D eigenvalue weighted by atomic mass is 16.4. The molecule has 3 saturated carbocycles. The minimum atomic E-state index is -0.724. The van der Waals surface area contributed by atoms with Gasteiger partial charge in [-0.15, -0.1) is 0 Å². The molecule has 5 atom stereocenters. The smallest absolute Gasteiger partial charge is 0.303 e. The minimum absolute atomic E-state index is 0.186. The second kappa shape index (κ2) is 11.8. The summed E-state index contributed by atoms with van der Waals surface area (Å²) in [5.41, 5.74) is 1.66. The molecule has 0 heterocycles. The molecular weight excluding hydrogens is 388 g/mol. The van der Waals surface area contributed by atoms with Gasteiger partial charge in [-0.2, -0.15) is 0 Å². The summed E-state index contributed by atoms with van der Waals surface area (Å²) in [4.78, 5) is 11.0. The van der Waals surface area contributed by atoms with Crippen LogP contribution in [0.25, 0.3) is 0 Å². The normalized spacial score (nSPS) is 33.6. The lowest BCUT2D eigenvalue weighted by Crippen LogP contribution is -2.54. The number of allylic oxidation sites excluding steroid dienone is 2. The summed E-state index contributed by atoms with van der Waals surface area (Å²) in [6.07, 6.45) is 19.6. The van der Waals surface area contributed by atoms with Gasteiger partial charge in [0.2, 0.25) is 0 Å². The lowest BCUT2D eigenvalue weighted by molar-refractivity contribution is -0.136. The van der Waals surface area contributed by atoms with Crippen molar-refractivity contribution in [3.63, 3.8) is 0 Å². The zero-order chi connectivity index (χ0) is 22.3. The third-order valence-corrected chi connectivity index (χ3v) is 8.90. The first-order chi connectivity index (χ1) is 15.0. The van der Waals surface area contributed by atoms with Gasteiger partial charge in [0.1, 0.15) is 0 Å². The first-order valence-corrected chi connectivity index (χ1v) is 13.3. The second-order valence-corrected chi connectivity index (χ2v) is 10.8. The van der Waals surface area contributed by atoms with Crippen molar-refractivity contribution in [1.82, 2.24) is 0 Å². The number of carboxylic acid groups (broad SMARTS) is 1. The molecule has 0 radical (unpaired) electrons. The van der Waals surface area contributed by atoms with Crippen LogP contribution < -0.4 is 0 Å². The number of hydrogen-bond acceptors (Lipinski definition) is 3. The predicted molar refractivity (Wildman–Crippen MR) is 125 cm³/mol. The standard InChI is InChI=1S/C27H46O4/c1-2-3-4-8-17-27-18-16-25(29)22(14-15-24(28)20-10-6-5-7-11-20)23(27)19-21(27)12-9-13-26(30)31/h12,20,22-25,28-29H,2-11,13-19H2,1H3,(H,30,31)/t22-,23-,24?,25-,27-/m0/s1. The molecule has 0 aliphatic heterocycles. The average Bonchev–Trinajstić information content (AvgIpc) is 2.76. The molecule has 0 spiro atoms. The number of carboxylic acids is 1. The van der Waals surface area contributed by atoms with Gasteiger partial charge in [-0.3, -0.25) is 4.79 Å². The average molecular weight is 435 g/mol. The van der Waals surface area contributed by atoms with Gasteiger partial charge in [0.05, 0.1) is 12.2 Å². The van der Waals surface area contributed by atoms with Gasteiger partial charge in [-0.05, 0) is 81.0 Å². The molecule has 3 fully saturated rings. The van der Waals surface area contributed by atoms with E-state index >= 15 is 0 Å². The summed E-state index contributed by atoms with van der Waals surface area (Å²) in [6, 6.07) is 0. The Labute approximate surface area is 189 Å². The highest BCUT2D eigenvalue weighted by molar-refractivity contribution is 5.66. The highest BCUT2D eigenvalue weighted by Gasteiger charge is 2.56. The number of carbonyl (C=O) groups is 1. The molecule has 3 aliphatic carbocycles. The van der Waals surface area contributed by atoms with Crippen molar-refractivity contribution in [2.24, 2.45) is 23.2 Å². The fourth-order valence-corrected chi connectivity index (χ4v) is 7.04. The van der Waals surface area contributed by atoms with E-state index in [0.717, 1.165) is 44.9 Å². The zero-order valence-corrected chi connectivity index (χ0v) is 19.7. The number of aliphatic hydroxyl groups excluding tert-OH is 2. The molecule has 178 valence electrons. The maximum Gasteiger partial charge on any atom is 0.303 e. The van der Waals surface area contributed by atoms with Gasteiger partial charge in [0, 0.05) is 6.42 Å². The van der Waals surface area contributed by atoms with Crippen LogP contribution >= 0.6 is 0 Å². The van der Waals surface area contributed by atoms with E-state index in [0.29, 0.717) is 18.3 Å². The Hall–Kier alpha value is -0.870. The van der Waals surface area contributed by atoms with Gasteiger partial charge in [-0.1, -0.05) is 63.5 Å². The Morgan fingerprint density at radius 2 is 1.94 bits per heavy atom. The topological polar surface area (TPSA) is 77.8 Å². The molecule has 1 unspecified atom stereocenters. The fraction of sp³-hybridized carbons (Fsp3) is 0.889. The van der Waals surface area contributed by atoms with Crippen molar-refractivity contribution in [2.75, 3.05) is 0 Å². The van der Waals surface area contributed by atoms with Crippen LogP contribution in [0.1, 0.15) is 116 Å². The monoisotopic (exact) mass is 434 g/mol. The zero-order valence-electron chi connectivity index (χ0n) is 19.7. The number of rotatable bonds is 12. The van der Waals surface area contributed by atoms with E-state index in [4.69, 9.17) is 5.11 Å². The summed E-state index contributed by atoms with van der Waals surface area (Å²) < 4.78 is 0. The Morgan fingerprint density at radius 3 is 2.65 bits per heavy atom. The molecule has 0 aromatic rings. The summed E-state index contributed by atoms with van der Waals surface area (Å²) in [5, 5.41) is 30.7. The molecule has 4 heteroatoms. The third-order valence-electron chi connectivity index (χ3n) is 8.90. The Kier molecular flexibility index (Phi) is 9.46. The van der Waals surface area contributed by atoms with Crippen LogP contribution in [0, 0.1) is 23.2 Å². The molecule has 3 aliphatic rings. The molecule has 31 heavy (non-hydrogen) atoms. The largest absolute Gasteiger partial charge is 0.481 e. The Morgan fingerprint density at radius 1 is 1.16 bits per heavy atom. The predicted octanol–water partition coefficient (Wildman–Crippen LogP) is 6.25. The number of fused-ring (bicyclic) bond motifs is 1. The molecule has 3 rings (SSSR count). The first-order valence-electron chi connectivity index (χ1n) is 13.3. The van der Waals surface area contributed by atoms with Crippen LogP contribution in [-0.2, 0) is 4.79 Å². The van der Waals surface area contributed by atoms with Gasteiger partial charge in [0.25, 0.3) is 0 Å². The van der Waals surface area contributed by atoms with Gasteiger partial charge in [0.15, 0.2) is 0 Å². The molecule has 4 nitrogen and oxygen atoms in total. The number of hydrogen-bond donors (Lipinski definition) is 3. The lowest BCUT2D eigenvalue weighted by atomic mass is 9.45. The van der Waals surface area contributed by atoms with E-state index in [1.807, 2.05) is 0 Å². The van der Waals surface area contributed by atoms with E-state index in [1.165, 1.54) is 56.9 Å². The van der Waals surface area contributed by atoms with E-state index in [1.54, 1.807) is 0 Å². The molecule has 0 saturated heterocycles. The van der Waals surface area contributed by atoms with E-state index in [9.17, 15) is 15.0 Å². The van der Waals surface area contributed by atoms with Gasteiger partial charge in [-0.25, -0.2) is 0 Å².